The Labute approximate surface area is 162 Å². The fraction of sp³-hybridized carbons (Fsp3) is 0.158. The Hall–Kier alpha value is -2.55. The smallest absolute Gasteiger partial charge is 0.257 e. The highest BCUT2D eigenvalue weighted by molar-refractivity contribution is 7.89. The molecule has 0 aliphatic heterocycles. The molecule has 0 radical (unpaired) electrons. The lowest BCUT2D eigenvalue weighted by molar-refractivity contribution is 0.102. The second-order valence-electron chi connectivity index (χ2n) is 5.79. The third kappa shape index (κ3) is 4.41. The van der Waals surface area contributed by atoms with E-state index in [4.69, 9.17) is 0 Å². The van der Waals surface area contributed by atoms with Crippen molar-refractivity contribution in [2.75, 3.05) is 11.9 Å². The van der Waals surface area contributed by atoms with Gasteiger partial charge in [0, 0.05) is 12.1 Å². The molecule has 1 aromatic heterocycles. The van der Waals surface area contributed by atoms with Gasteiger partial charge in [-0.3, -0.25) is 10.1 Å². The van der Waals surface area contributed by atoms with Crippen molar-refractivity contribution in [1.29, 1.82) is 0 Å². The number of carbonyl (C=O) groups is 1. The molecular formula is C19H19N3O3S2. The Kier molecular flexibility index (Phi) is 5.69. The Balaban J connectivity index is 1.75. The van der Waals surface area contributed by atoms with Crippen LogP contribution in [0.2, 0.25) is 0 Å². The molecule has 0 fully saturated rings. The van der Waals surface area contributed by atoms with Crippen LogP contribution in [-0.4, -0.2) is 25.9 Å². The first-order valence-corrected chi connectivity index (χ1v) is 10.6. The molecule has 0 saturated heterocycles. The number of sulfonamides is 1. The highest BCUT2D eigenvalue weighted by Gasteiger charge is 2.15. The third-order valence-corrected chi connectivity index (χ3v) is 6.30. The normalized spacial score (nSPS) is 11.4. The highest BCUT2D eigenvalue weighted by Crippen LogP contribution is 2.27. The number of hydrogen-bond acceptors (Lipinski definition) is 5. The summed E-state index contributed by atoms with van der Waals surface area (Å²) in [7, 11) is -3.61. The Bertz CT molecular complexity index is 1090. The highest BCUT2D eigenvalue weighted by atomic mass is 32.2. The molecule has 0 unspecified atom stereocenters. The van der Waals surface area contributed by atoms with E-state index in [0.717, 1.165) is 16.6 Å². The molecule has 2 N–H and O–H groups in total. The van der Waals surface area contributed by atoms with E-state index in [-0.39, 0.29) is 17.3 Å². The first-order valence-electron chi connectivity index (χ1n) is 8.34. The summed E-state index contributed by atoms with van der Waals surface area (Å²) in [6.45, 7) is 5.70. The summed E-state index contributed by atoms with van der Waals surface area (Å²) in [4.78, 5) is 16.9. The SMILES string of the molecule is C=CCNS(=O)(=O)c1ccc(C(=O)Nc2nc3ccc(CC)cc3s2)cc1. The molecule has 1 amide bonds. The molecule has 0 bridgehead atoms. The van der Waals surface area contributed by atoms with Crippen LogP contribution in [0.3, 0.4) is 0 Å². The van der Waals surface area contributed by atoms with Crippen molar-refractivity contribution in [1.82, 2.24) is 9.71 Å². The number of benzene rings is 2. The first kappa shape index (κ1) is 19.2. The standard InChI is InChI=1S/C19H19N3O3S2/c1-3-11-20-27(24,25)15-8-6-14(7-9-15)18(23)22-19-21-16-10-5-13(4-2)12-17(16)26-19/h3,5-10,12,20H,1,4,11H2,2H3,(H,21,22,23). The van der Waals surface area contributed by atoms with Gasteiger partial charge in [-0.25, -0.2) is 18.1 Å². The molecule has 3 rings (SSSR count). The van der Waals surface area contributed by atoms with Crippen molar-refractivity contribution in [3.8, 4) is 0 Å². The predicted molar refractivity (Wildman–Crippen MR) is 109 cm³/mol. The van der Waals surface area contributed by atoms with Gasteiger partial charge in [-0.2, -0.15) is 0 Å². The van der Waals surface area contributed by atoms with Crippen molar-refractivity contribution >= 4 is 42.6 Å². The summed E-state index contributed by atoms with van der Waals surface area (Å²) >= 11 is 1.41. The van der Waals surface area contributed by atoms with E-state index in [2.05, 4.69) is 34.6 Å². The van der Waals surface area contributed by atoms with Gasteiger partial charge in [-0.05, 0) is 48.4 Å². The Morgan fingerprint density at radius 2 is 1.96 bits per heavy atom. The maximum Gasteiger partial charge on any atom is 0.257 e. The largest absolute Gasteiger partial charge is 0.298 e. The lowest BCUT2D eigenvalue weighted by Crippen LogP contribution is -2.23. The molecule has 2 aromatic carbocycles. The van der Waals surface area contributed by atoms with Gasteiger partial charge in [0.05, 0.1) is 15.1 Å². The monoisotopic (exact) mass is 401 g/mol. The van der Waals surface area contributed by atoms with Gasteiger partial charge < -0.3 is 0 Å². The molecule has 6 nitrogen and oxygen atoms in total. The number of anilines is 1. The van der Waals surface area contributed by atoms with Crippen LogP contribution in [0.25, 0.3) is 10.2 Å². The average Bonchev–Trinajstić information content (AvgIpc) is 3.07. The van der Waals surface area contributed by atoms with Crippen molar-refractivity contribution in [3.63, 3.8) is 0 Å². The van der Waals surface area contributed by atoms with Gasteiger partial charge in [0.15, 0.2) is 5.13 Å². The van der Waals surface area contributed by atoms with Crippen LogP contribution >= 0.6 is 11.3 Å². The maximum absolute atomic E-state index is 12.4. The quantitative estimate of drug-likeness (QED) is 0.593. The van der Waals surface area contributed by atoms with Crippen LogP contribution in [0, 0.1) is 0 Å². The number of aromatic nitrogens is 1. The fourth-order valence-corrected chi connectivity index (χ4v) is 4.37. The van der Waals surface area contributed by atoms with Crippen molar-refractivity contribution in [2.45, 2.75) is 18.2 Å². The molecule has 1 heterocycles. The molecule has 0 aliphatic rings. The molecule has 0 aliphatic carbocycles. The number of hydrogen-bond donors (Lipinski definition) is 2. The molecule has 0 saturated carbocycles. The number of nitrogens with zero attached hydrogens (tertiary/aromatic N) is 1. The second kappa shape index (κ2) is 7.99. The number of carbonyl (C=O) groups excluding carboxylic acids is 1. The van der Waals surface area contributed by atoms with Gasteiger partial charge in [0.2, 0.25) is 10.0 Å². The fourth-order valence-electron chi connectivity index (χ4n) is 2.45. The average molecular weight is 402 g/mol. The van der Waals surface area contributed by atoms with Crippen LogP contribution in [0.4, 0.5) is 5.13 Å². The van der Waals surface area contributed by atoms with Crippen LogP contribution in [0.15, 0.2) is 60.0 Å². The predicted octanol–water partition coefficient (Wildman–Crippen LogP) is 3.58. The Morgan fingerprint density at radius 3 is 2.63 bits per heavy atom. The van der Waals surface area contributed by atoms with Gasteiger partial charge in [0.25, 0.3) is 5.91 Å². The second-order valence-corrected chi connectivity index (χ2v) is 8.59. The molecule has 27 heavy (non-hydrogen) atoms. The van der Waals surface area contributed by atoms with Crippen molar-refractivity contribution < 1.29 is 13.2 Å². The number of nitrogens with one attached hydrogen (secondary N) is 2. The molecule has 0 atom stereocenters. The number of aryl methyl sites for hydroxylation is 1. The minimum atomic E-state index is -3.61. The zero-order chi connectivity index (χ0) is 19.4. The van der Waals surface area contributed by atoms with E-state index in [1.54, 1.807) is 0 Å². The molecular weight excluding hydrogens is 382 g/mol. The van der Waals surface area contributed by atoms with E-state index in [0.29, 0.717) is 10.7 Å². The summed E-state index contributed by atoms with van der Waals surface area (Å²) in [5.41, 5.74) is 2.40. The lowest BCUT2D eigenvalue weighted by Gasteiger charge is -2.06. The zero-order valence-electron chi connectivity index (χ0n) is 14.7. The molecule has 0 spiro atoms. The molecule has 140 valence electrons. The minimum Gasteiger partial charge on any atom is -0.298 e. The molecule has 8 heteroatoms. The first-order chi connectivity index (χ1) is 12.9. The van der Waals surface area contributed by atoms with Crippen LogP contribution in [0.5, 0.6) is 0 Å². The van der Waals surface area contributed by atoms with Crippen molar-refractivity contribution in [3.05, 3.63) is 66.2 Å². The van der Waals surface area contributed by atoms with E-state index < -0.39 is 10.0 Å². The molecule has 3 aromatic rings. The van der Waals surface area contributed by atoms with Gasteiger partial charge in [-0.15, -0.1) is 6.58 Å². The topological polar surface area (TPSA) is 88.2 Å². The van der Waals surface area contributed by atoms with E-state index in [1.807, 2.05) is 12.1 Å². The minimum absolute atomic E-state index is 0.0907. The van der Waals surface area contributed by atoms with E-state index in [9.17, 15) is 13.2 Å². The number of rotatable bonds is 7. The zero-order valence-corrected chi connectivity index (χ0v) is 16.4. The maximum atomic E-state index is 12.4. The summed E-state index contributed by atoms with van der Waals surface area (Å²) in [6, 6.07) is 11.8. The van der Waals surface area contributed by atoms with Crippen molar-refractivity contribution in [2.24, 2.45) is 0 Å². The van der Waals surface area contributed by atoms with Gasteiger partial charge in [-0.1, -0.05) is 30.4 Å². The summed E-state index contributed by atoms with van der Waals surface area (Å²) in [5.74, 6) is -0.340. The number of thiazole rings is 1. The summed E-state index contributed by atoms with van der Waals surface area (Å²) in [6.07, 6.45) is 2.40. The van der Waals surface area contributed by atoms with E-state index in [1.165, 1.54) is 47.2 Å². The van der Waals surface area contributed by atoms with Crippen LogP contribution in [-0.2, 0) is 16.4 Å². The number of amides is 1. The Morgan fingerprint density at radius 1 is 1.22 bits per heavy atom. The third-order valence-electron chi connectivity index (χ3n) is 3.93. The van der Waals surface area contributed by atoms with Crippen LogP contribution < -0.4 is 10.0 Å². The van der Waals surface area contributed by atoms with E-state index >= 15 is 0 Å². The lowest BCUT2D eigenvalue weighted by atomic mass is 10.2. The van der Waals surface area contributed by atoms with Gasteiger partial charge >= 0.3 is 0 Å². The van der Waals surface area contributed by atoms with Gasteiger partial charge in [0.1, 0.15) is 0 Å². The summed E-state index contributed by atoms with van der Waals surface area (Å²) < 4.78 is 27.5. The number of fused-ring (bicyclic) bond motifs is 1. The summed E-state index contributed by atoms with van der Waals surface area (Å²) in [5, 5.41) is 3.27. The van der Waals surface area contributed by atoms with Crippen LogP contribution in [0.1, 0.15) is 22.8 Å².